The number of rotatable bonds is 4. The predicted molar refractivity (Wildman–Crippen MR) is 87.9 cm³/mol. The largest absolute Gasteiger partial charge is 0.480 e. The maximum absolute atomic E-state index is 14.2. The van der Waals surface area contributed by atoms with Crippen molar-refractivity contribution < 1.29 is 37.0 Å². The first kappa shape index (κ1) is 21.4. The van der Waals surface area contributed by atoms with Crippen LogP contribution in [-0.2, 0) is 4.79 Å². The van der Waals surface area contributed by atoms with E-state index in [2.05, 4.69) is 26.2 Å². The summed E-state index contributed by atoms with van der Waals surface area (Å²) in [6.45, 7) is -0.919. The van der Waals surface area contributed by atoms with Crippen molar-refractivity contribution in [2.75, 3.05) is 20.2 Å². The van der Waals surface area contributed by atoms with Crippen LogP contribution in [-0.4, -0.2) is 71.0 Å². The van der Waals surface area contributed by atoms with Crippen molar-refractivity contribution in [3.8, 4) is 5.88 Å². The minimum Gasteiger partial charge on any atom is -0.480 e. The number of methoxy groups -OCH3 is 1. The molecule has 12 heteroatoms. The van der Waals surface area contributed by atoms with Crippen LogP contribution in [0.5, 0.6) is 5.88 Å². The Morgan fingerprint density at radius 3 is 2.59 bits per heavy atom. The first-order valence-corrected chi connectivity index (χ1v) is 8.40. The van der Waals surface area contributed by atoms with Gasteiger partial charge in [-0.05, 0) is 28.9 Å². The van der Waals surface area contributed by atoms with Crippen LogP contribution in [0.15, 0.2) is 16.7 Å². The van der Waals surface area contributed by atoms with E-state index in [-0.39, 0.29) is 11.4 Å². The summed E-state index contributed by atoms with van der Waals surface area (Å²) in [5.74, 6) is -2.49. The Hall–Kier alpha value is -1.95. The van der Waals surface area contributed by atoms with Crippen molar-refractivity contribution in [3.63, 3.8) is 0 Å². The molecule has 0 saturated carbocycles. The fraction of sp³-hybridized carbons (Fsp3) is 0.533. The number of hydrogen-bond donors (Lipinski definition) is 2. The summed E-state index contributed by atoms with van der Waals surface area (Å²) in [6, 6.07) is 0.120. The molecule has 0 radical (unpaired) electrons. The number of carbonyl (C=O) groups excluding carboxylic acids is 2. The van der Waals surface area contributed by atoms with Gasteiger partial charge in [0.15, 0.2) is 0 Å². The van der Waals surface area contributed by atoms with Crippen molar-refractivity contribution in [2.24, 2.45) is 0 Å². The van der Waals surface area contributed by atoms with Crippen molar-refractivity contribution in [1.82, 2.24) is 15.2 Å². The number of alkyl halides is 4. The molecule has 0 bridgehead atoms. The molecular formula is C15H16BrF4N3O4. The average Bonchev–Trinajstić information content (AvgIpc) is 2.93. The van der Waals surface area contributed by atoms with Gasteiger partial charge in [0.2, 0.25) is 11.5 Å². The standard InChI is InChI=1S/C15H16BrF4N3O4/c1-14(26,15(18,19)20)13(25)23-5-9(17)10(6-23)22-11(24)8-3-7(16)4-21-12(8)27-2/h3-4,9-10,26H,5-6H2,1-2H3,(H,22,24)/t9-,10+,14+/m0/s1. The Kier molecular flexibility index (Phi) is 6.00. The highest BCUT2D eigenvalue weighted by Gasteiger charge is 2.58. The molecule has 3 atom stereocenters. The molecule has 1 fully saturated rings. The molecule has 27 heavy (non-hydrogen) atoms. The Morgan fingerprint density at radius 2 is 2.04 bits per heavy atom. The van der Waals surface area contributed by atoms with Crippen LogP contribution < -0.4 is 10.1 Å². The van der Waals surface area contributed by atoms with Crippen molar-refractivity contribution >= 4 is 27.7 Å². The van der Waals surface area contributed by atoms with Gasteiger partial charge >= 0.3 is 6.18 Å². The number of aromatic nitrogens is 1. The van der Waals surface area contributed by atoms with Crippen LogP contribution >= 0.6 is 15.9 Å². The normalized spacial score (nSPS) is 22.3. The predicted octanol–water partition coefficient (Wildman–Crippen LogP) is 1.44. The highest BCUT2D eigenvalue weighted by atomic mass is 79.9. The second kappa shape index (κ2) is 7.58. The zero-order valence-corrected chi connectivity index (χ0v) is 15.8. The lowest BCUT2D eigenvalue weighted by Crippen LogP contribution is -2.56. The van der Waals surface area contributed by atoms with Gasteiger partial charge in [-0.15, -0.1) is 0 Å². The Bertz CT molecular complexity index is 744. The van der Waals surface area contributed by atoms with Crippen LogP contribution in [0.3, 0.4) is 0 Å². The Morgan fingerprint density at radius 1 is 1.41 bits per heavy atom. The van der Waals surface area contributed by atoms with E-state index >= 15 is 0 Å². The van der Waals surface area contributed by atoms with E-state index in [1.54, 1.807) is 0 Å². The van der Waals surface area contributed by atoms with Gasteiger partial charge in [0.1, 0.15) is 11.7 Å². The number of nitrogens with one attached hydrogen (secondary N) is 1. The molecule has 2 amide bonds. The van der Waals surface area contributed by atoms with Crippen molar-refractivity contribution in [1.29, 1.82) is 0 Å². The number of pyridine rings is 1. The molecule has 2 rings (SSSR count). The summed E-state index contributed by atoms with van der Waals surface area (Å²) in [5, 5.41) is 11.8. The van der Waals surface area contributed by atoms with Gasteiger partial charge < -0.3 is 20.1 Å². The first-order chi connectivity index (χ1) is 12.4. The van der Waals surface area contributed by atoms with Crippen molar-refractivity contribution in [2.45, 2.75) is 30.9 Å². The summed E-state index contributed by atoms with van der Waals surface area (Å²) in [6.07, 6.45) is -5.65. The molecule has 1 saturated heterocycles. The molecule has 0 spiro atoms. The molecule has 2 heterocycles. The van der Waals surface area contributed by atoms with Gasteiger partial charge in [0.25, 0.3) is 11.8 Å². The molecule has 1 aromatic heterocycles. The van der Waals surface area contributed by atoms with Gasteiger partial charge in [0.05, 0.1) is 19.7 Å². The quantitative estimate of drug-likeness (QED) is 0.667. The summed E-state index contributed by atoms with van der Waals surface area (Å²) in [4.78, 5) is 28.7. The van der Waals surface area contributed by atoms with Crippen LogP contribution in [0, 0.1) is 0 Å². The number of ether oxygens (including phenoxy) is 1. The zero-order valence-electron chi connectivity index (χ0n) is 14.2. The monoisotopic (exact) mass is 457 g/mol. The number of aliphatic hydroxyl groups is 1. The molecule has 0 unspecified atom stereocenters. The topological polar surface area (TPSA) is 91.8 Å². The summed E-state index contributed by atoms with van der Waals surface area (Å²) >= 11 is 3.13. The molecule has 7 nitrogen and oxygen atoms in total. The number of nitrogens with zero attached hydrogens (tertiary/aromatic N) is 2. The molecular weight excluding hydrogens is 442 g/mol. The van der Waals surface area contributed by atoms with Gasteiger partial charge in [-0.1, -0.05) is 0 Å². The second-order valence-electron chi connectivity index (χ2n) is 6.09. The van der Waals surface area contributed by atoms with Crippen LogP contribution in [0.4, 0.5) is 17.6 Å². The number of likely N-dealkylation sites (tertiary alicyclic amines) is 1. The third kappa shape index (κ3) is 4.32. The maximum atomic E-state index is 14.2. The zero-order chi connectivity index (χ0) is 20.6. The van der Waals surface area contributed by atoms with E-state index in [1.165, 1.54) is 19.4 Å². The lowest BCUT2D eigenvalue weighted by atomic mass is 10.1. The molecule has 1 aliphatic rings. The summed E-state index contributed by atoms with van der Waals surface area (Å²) in [5.41, 5.74) is -3.67. The summed E-state index contributed by atoms with van der Waals surface area (Å²) < 4.78 is 58.0. The number of halogens is 5. The Balaban J connectivity index is 2.13. The van der Waals surface area contributed by atoms with Gasteiger partial charge in [0, 0.05) is 17.2 Å². The first-order valence-electron chi connectivity index (χ1n) is 7.61. The van der Waals surface area contributed by atoms with Crippen LogP contribution in [0.2, 0.25) is 0 Å². The van der Waals surface area contributed by atoms with Gasteiger partial charge in [-0.2, -0.15) is 13.2 Å². The van der Waals surface area contributed by atoms with Gasteiger partial charge in [-0.25, -0.2) is 9.37 Å². The van der Waals surface area contributed by atoms with E-state index in [4.69, 9.17) is 4.74 Å². The molecule has 0 aliphatic carbocycles. The molecule has 1 aromatic rings. The lowest BCUT2D eigenvalue weighted by molar-refractivity contribution is -0.249. The summed E-state index contributed by atoms with van der Waals surface area (Å²) in [7, 11) is 1.28. The minimum atomic E-state index is -5.22. The van der Waals surface area contributed by atoms with E-state index < -0.39 is 48.9 Å². The van der Waals surface area contributed by atoms with Gasteiger partial charge in [-0.3, -0.25) is 9.59 Å². The van der Waals surface area contributed by atoms with Crippen LogP contribution in [0.25, 0.3) is 0 Å². The third-order valence-electron chi connectivity index (χ3n) is 4.08. The number of amides is 2. The highest BCUT2D eigenvalue weighted by molar-refractivity contribution is 9.10. The maximum Gasteiger partial charge on any atom is 0.426 e. The molecule has 1 aliphatic heterocycles. The smallest absolute Gasteiger partial charge is 0.426 e. The lowest BCUT2D eigenvalue weighted by Gasteiger charge is -2.29. The van der Waals surface area contributed by atoms with E-state index in [9.17, 15) is 32.3 Å². The minimum absolute atomic E-state index is 0.0221. The highest BCUT2D eigenvalue weighted by Crippen LogP contribution is 2.33. The molecule has 150 valence electrons. The number of carbonyl (C=O) groups is 2. The average molecular weight is 458 g/mol. The van der Waals surface area contributed by atoms with E-state index in [0.29, 0.717) is 16.3 Å². The number of hydrogen-bond acceptors (Lipinski definition) is 5. The third-order valence-corrected chi connectivity index (χ3v) is 4.51. The molecule has 0 aromatic carbocycles. The van der Waals surface area contributed by atoms with E-state index in [0.717, 1.165) is 0 Å². The second-order valence-corrected chi connectivity index (χ2v) is 7.00. The molecule has 2 N–H and O–H groups in total. The fourth-order valence-corrected chi connectivity index (χ4v) is 2.82. The Labute approximate surface area is 159 Å². The van der Waals surface area contributed by atoms with Crippen molar-refractivity contribution in [3.05, 3.63) is 22.3 Å². The fourth-order valence-electron chi connectivity index (χ4n) is 2.49. The van der Waals surface area contributed by atoms with E-state index in [1.807, 2.05) is 0 Å². The SMILES string of the molecule is COc1ncc(Br)cc1C(=O)N[C@@H]1CN(C(=O)[C@@](C)(O)C(F)(F)F)C[C@@H]1F. The van der Waals surface area contributed by atoms with Crippen LogP contribution in [0.1, 0.15) is 17.3 Å².